The quantitative estimate of drug-likeness (QED) is 0.521. The summed E-state index contributed by atoms with van der Waals surface area (Å²) in [6.07, 6.45) is 6.57. The largest absolute Gasteiger partial charge is 0.442 e. The number of hydrogen-bond acceptors (Lipinski definition) is 4. The molecular weight excluding hydrogens is 130 g/mol. The molecule has 2 aliphatic rings. The van der Waals surface area contributed by atoms with Crippen LogP contribution in [0.1, 0.15) is 0 Å². The van der Waals surface area contributed by atoms with E-state index < -0.39 is 0 Å². The molecule has 0 saturated carbocycles. The van der Waals surface area contributed by atoms with Crippen LogP contribution in [0.2, 0.25) is 0 Å². The Labute approximate surface area is 57.6 Å². The highest BCUT2D eigenvalue weighted by Crippen LogP contribution is 2.00. The summed E-state index contributed by atoms with van der Waals surface area (Å²) in [5, 5.41) is 3.83. The third-order valence-electron chi connectivity index (χ3n) is 1.16. The van der Waals surface area contributed by atoms with Gasteiger partial charge in [0.1, 0.15) is 12.0 Å². The predicted octanol–water partition coefficient (Wildman–Crippen LogP) is 0.359. The third-order valence-corrected chi connectivity index (χ3v) is 1.16. The number of fused-ring (bicyclic) bond motifs is 1. The van der Waals surface area contributed by atoms with Gasteiger partial charge in [-0.25, -0.2) is 4.99 Å². The normalized spacial score (nSPS) is 20.0. The van der Waals surface area contributed by atoms with Crippen LogP contribution in [0.25, 0.3) is 0 Å². The van der Waals surface area contributed by atoms with Gasteiger partial charge in [0.2, 0.25) is 0 Å². The van der Waals surface area contributed by atoms with Gasteiger partial charge in [-0.15, -0.1) is 5.10 Å². The molecule has 50 valence electrons. The van der Waals surface area contributed by atoms with Gasteiger partial charge in [0, 0.05) is 6.20 Å². The summed E-state index contributed by atoms with van der Waals surface area (Å²) in [7, 11) is 0. The summed E-state index contributed by atoms with van der Waals surface area (Å²) in [6.45, 7) is 0. The van der Waals surface area contributed by atoms with Crippen LogP contribution in [0.15, 0.2) is 34.8 Å². The van der Waals surface area contributed by atoms with Crippen LogP contribution in [0.4, 0.5) is 0 Å². The van der Waals surface area contributed by atoms with E-state index >= 15 is 0 Å². The summed E-state index contributed by atoms with van der Waals surface area (Å²) >= 11 is 0. The van der Waals surface area contributed by atoms with Crippen molar-refractivity contribution in [2.75, 3.05) is 0 Å². The molecule has 0 unspecified atom stereocenters. The minimum atomic E-state index is 0.519. The molecule has 0 amide bonds. The van der Waals surface area contributed by atoms with Gasteiger partial charge in [-0.2, -0.15) is 0 Å². The zero-order valence-corrected chi connectivity index (χ0v) is 5.11. The van der Waals surface area contributed by atoms with E-state index in [1.807, 2.05) is 0 Å². The van der Waals surface area contributed by atoms with Crippen molar-refractivity contribution in [1.82, 2.24) is 5.43 Å². The first kappa shape index (κ1) is 5.22. The van der Waals surface area contributed by atoms with Gasteiger partial charge in [-0.1, -0.05) is 0 Å². The summed E-state index contributed by atoms with van der Waals surface area (Å²) in [5.41, 5.74) is 3.40. The van der Waals surface area contributed by atoms with Gasteiger partial charge in [0.25, 0.3) is 5.90 Å². The number of rotatable bonds is 0. The second kappa shape index (κ2) is 1.98. The fourth-order valence-corrected chi connectivity index (χ4v) is 0.731. The van der Waals surface area contributed by atoms with Crippen LogP contribution in [0, 0.1) is 0 Å². The first-order chi connectivity index (χ1) is 4.97. The number of hydrogen-bond donors (Lipinski definition) is 1. The molecule has 0 bridgehead atoms. The van der Waals surface area contributed by atoms with Gasteiger partial charge in [0.15, 0.2) is 0 Å². The summed E-state index contributed by atoms with van der Waals surface area (Å²) in [4.78, 5) is 4.00. The maximum absolute atomic E-state index is 5.01. The number of ether oxygens (including phenoxy) is 1. The molecule has 2 rings (SSSR count). The first-order valence-electron chi connectivity index (χ1n) is 2.86. The van der Waals surface area contributed by atoms with Gasteiger partial charge in [-0.3, -0.25) is 5.43 Å². The summed E-state index contributed by atoms with van der Waals surface area (Å²) in [6, 6.07) is 0. The van der Waals surface area contributed by atoms with E-state index in [1.54, 1.807) is 18.5 Å². The zero-order valence-electron chi connectivity index (χ0n) is 5.11. The fraction of sp³-hybridized carbons (Fsp3) is 0. The van der Waals surface area contributed by atoms with Crippen molar-refractivity contribution in [2.24, 2.45) is 10.1 Å². The molecule has 0 fully saturated rings. The molecule has 10 heavy (non-hydrogen) atoms. The van der Waals surface area contributed by atoms with Crippen molar-refractivity contribution in [2.45, 2.75) is 0 Å². The Hall–Kier alpha value is -1.58. The lowest BCUT2D eigenvalue weighted by molar-refractivity contribution is 0.469. The van der Waals surface area contributed by atoms with Crippen molar-refractivity contribution >= 4 is 11.6 Å². The van der Waals surface area contributed by atoms with Crippen LogP contribution in [-0.4, -0.2) is 11.6 Å². The van der Waals surface area contributed by atoms with Gasteiger partial charge >= 0.3 is 0 Å². The molecule has 0 aromatic rings. The Bertz CT molecular complexity index is 262. The molecule has 4 nitrogen and oxygen atoms in total. The van der Waals surface area contributed by atoms with Gasteiger partial charge < -0.3 is 4.74 Å². The molecule has 0 radical (unpaired) electrons. The Morgan fingerprint density at radius 2 is 2.50 bits per heavy atom. The Kier molecular flexibility index (Phi) is 1.04. The average Bonchev–Trinajstić information content (AvgIpc) is 2.05. The molecule has 1 N–H and O–H groups in total. The summed E-state index contributed by atoms with van der Waals surface area (Å²) < 4.78 is 5.01. The Balaban J connectivity index is 2.39. The Morgan fingerprint density at radius 1 is 1.50 bits per heavy atom. The van der Waals surface area contributed by atoms with Gasteiger partial charge in [0.05, 0.1) is 6.20 Å². The third kappa shape index (κ3) is 0.699. The average molecular weight is 135 g/mol. The molecule has 0 aromatic heterocycles. The number of nitrogens with one attached hydrogen (secondary N) is 1. The van der Waals surface area contributed by atoms with E-state index in [0.717, 1.165) is 5.71 Å². The maximum atomic E-state index is 5.01. The minimum Gasteiger partial charge on any atom is -0.442 e. The second-order valence-electron chi connectivity index (χ2n) is 1.80. The highest BCUT2D eigenvalue weighted by Gasteiger charge is 2.11. The van der Waals surface area contributed by atoms with E-state index in [4.69, 9.17) is 4.74 Å². The van der Waals surface area contributed by atoms with Crippen molar-refractivity contribution in [3.05, 3.63) is 24.7 Å². The lowest BCUT2D eigenvalue weighted by atomic mass is 10.3. The maximum Gasteiger partial charge on any atom is 0.262 e. The van der Waals surface area contributed by atoms with Gasteiger partial charge in [-0.05, 0) is 6.08 Å². The molecule has 0 aromatic carbocycles. The highest BCUT2D eigenvalue weighted by atomic mass is 16.5. The molecule has 0 aliphatic carbocycles. The molecule has 4 heteroatoms. The van der Waals surface area contributed by atoms with E-state index in [0.29, 0.717) is 5.90 Å². The number of nitrogens with zero attached hydrogens (tertiary/aromatic N) is 2. The van der Waals surface area contributed by atoms with Crippen molar-refractivity contribution in [3.63, 3.8) is 0 Å². The highest BCUT2D eigenvalue weighted by molar-refractivity contribution is 6.44. The van der Waals surface area contributed by atoms with Crippen molar-refractivity contribution in [3.8, 4) is 0 Å². The molecular formula is C6H5N3O. The molecule has 0 saturated heterocycles. The fourth-order valence-electron chi connectivity index (χ4n) is 0.731. The van der Waals surface area contributed by atoms with E-state index in [9.17, 15) is 0 Å². The zero-order chi connectivity index (χ0) is 6.81. The smallest absolute Gasteiger partial charge is 0.262 e. The van der Waals surface area contributed by atoms with Crippen LogP contribution < -0.4 is 5.43 Å². The SMILES string of the molecule is C1=COC2=NNC=CC2=N1. The van der Waals surface area contributed by atoms with E-state index in [2.05, 4.69) is 15.5 Å². The number of hydrazone groups is 1. The van der Waals surface area contributed by atoms with Crippen LogP contribution in [-0.2, 0) is 4.74 Å². The van der Waals surface area contributed by atoms with E-state index in [1.165, 1.54) is 6.26 Å². The standard InChI is InChI=1S/C6H5N3O/c1-2-8-9-6-5(1)7-3-4-10-6/h1-4,8H. The first-order valence-corrected chi connectivity index (χ1v) is 2.86. The lowest BCUT2D eigenvalue weighted by Gasteiger charge is -2.10. The molecule has 0 spiro atoms. The van der Waals surface area contributed by atoms with E-state index in [-0.39, 0.29) is 0 Å². The molecule has 0 atom stereocenters. The van der Waals surface area contributed by atoms with Crippen LogP contribution in [0.5, 0.6) is 0 Å². The summed E-state index contributed by atoms with van der Waals surface area (Å²) in [5.74, 6) is 0.519. The second-order valence-corrected chi connectivity index (χ2v) is 1.80. The molecule has 2 heterocycles. The lowest BCUT2D eigenvalue weighted by Crippen LogP contribution is -2.22. The monoisotopic (exact) mass is 135 g/mol. The molecule has 2 aliphatic heterocycles. The van der Waals surface area contributed by atoms with Crippen molar-refractivity contribution < 1.29 is 4.74 Å². The predicted molar refractivity (Wildman–Crippen MR) is 37.4 cm³/mol. The number of aliphatic imine (C=N–C) groups is 1. The topological polar surface area (TPSA) is 46.0 Å². The van der Waals surface area contributed by atoms with Crippen molar-refractivity contribution in [1.29, 1.82) is 0 Å². The van der Waals surface area contributed by atoms with Crippen LogP contribution >= 0.6 is 0 Å². The Morgan fingerprint density at radius 3 is 3.40 bits per heavy atom. The minimum absolute atomic E-state index is 0.519. The van der Waals surface area contributed by atoms with Crippen LogP contribution in [0.3, 0.4) is 0 Å².